The summed E-state index contributed by atoms with van der Waals surface area (Å²) in [6.45, 7) is 1.78. The van der Waals surface area contributed by atoms with Gasteiger partial charge in [-0.15, -0.1) is 0 Å². The van der Waals surface area contributed by atoms with Crippen molar-refractivity contribution in [3.8, 4) is 5.75 Å². The first kappa shape index (κ1) is 18.7. The van der Waals surface area contributed by atoms with Crippen molar-refractivity contribution in [2.45, 2.75) is 29.6 Å². The molecule has 2 aromatic carbocycles. The average molecular weight is 374 g/mol. The maximum atomic E-state index is 12.4. The van der Waals surface area contributed by atoms with E-state index in [2.05, 4.69) is 4.18 Å². The molecular formula is C15H18O7S2. The first-order chi connectivity index (χ1) is 11.2. The van der Waals surface area contributed by atoms with Crippen molar-refractivity contribution in [2.75, 3.05) is 13.7 Å². The SMILES string of the molecule is CCCCOS(=O)(=O)c1cc(O)c2ccccc2c1S(=O)(=O)OC. The first-order valence-corrected chi connectivity index (χ1v) is 10.0. The normalized spacial score (nSPS) is 12.6. The Balaban J connectivity index is 2.81. The average Bonchev–Trinajstić information content (AvgIpc) is 2.54. The van der Waals surface area contributed by atoms with Gasteiger partial charge in [-0.1, -0.05) is 37.6 Å². The van der Waals surface area contributed by atoms with Crippen LogP contribution in [-0.2, 0) is 28.6 Å². The van der Waals surface area contributed by atoms with Crippen LogP contribution in [0.5, 0.6) is 5.75 Å². The fraction of sp³-hybridized carbons (Fsp3) is 0.333. The van der Waals surface area contributed by atoms with E-state index in [0.717, 1.165) is 13.2 Å². The molecule has 0 fully saturated rings. The lowest BCUT2D eigenvalue weighted by Gasteiger charge is -2.14. The van der Waals surface area contributed by atoms with Crippen molar-refractivity contribution in [1.29, 1.82) is 0 Å². The molecule has 2 aromatic rings. The van der Waals surface area contributed by atoms with Crippen LogP contribution in [0, 0.1) is 0 Å². The van der Waals surface area contributed by atoms with Gasteiger partial charge in [0.15, 0.2) is 0 Å². The fourth-order valence-corrected chi connectivity index (χ4v) is 4.80. The molecule has 0 radical (unpaired) electrons. The Hall–Kier alpha value is -1.68. The molecule has 0 spiro atoms. The van der Waals surface area contributed by atoms with Crippen LogP contribution in [0.3, 0.4) is 0 Å². The smallest absolute Gasteiger partial charge is 0.298 e. The van der Waals surface area contributed by atoms with Gasteiger partial charge in [0.2, 0.25) is 0 Å². The number of unbranched alkanes of at least 4 members (excludes halogenated alkanes) is 1. The summed E-state index contributed by atoms with van der Waals surface area (Å²) >= 11 is 0. The second-order valence-corrected chi connectivity index (χ2v) is 8.25. The summed E-state index contributed by atoms with van der Waals surface area (Å²) in [6.07, 6.45) is 1.20. The van der Waals surface area contributed by atoms with E-state index in [1.807, 2.05) is 6.92 Å². The third-order valence-corrected chi connectivity index (χ3v) is 6.26. The molecule has 1 N–H and O–H groups in total. The summed E-state index contributed by atoms with van der Waals surface area (Å²) in [6, 6.07) is 6.87. The van der Waals surface area contributed by atoms with E-state index >= 15 is 0 Å². The predicted molar refractivity (Wildman–Crippen MR) is 87.9 cm³/mol. The monoisotopic (exact) mass is 374 g/mol. The lowest BCUT2D eigenvalue weighted by molar-refractivity contribution is 0.309. The Kier molecular flexibility index (Phi) is 5.49. The zero-order valence-electron chi connectivity index (χ0n) is 13.2. The molecule has 0 unspecified atom stereocenters. The Morgan fingerprint density at radius 3 is 2.25 bits per heavy atom. The number of aromatic hydroxyl groups is 1. The molecule has 24 heavy (non-hydrogen) atoms. The highest BCUT2D eigenvalue weighted by Gasteiger charge is 2.31. The van der Waals surface area contributed by atoms with E-state index in [1.54, 1.807) is 6.07 Å². The van der Waals surface area contributed by atoms with Crippen molar-refractivity contribution in [3.05, 3.63) is 30.3 Å². The van der Waals surface area contributed by atoms with Crippen molar-refractivity contribution in [2.24, 2.45) is 0 Å². The highest BCUT2D eigenvalue weighted by molar-refractivity contribution is 7.90. The van der Waals surface area contributed by atoms with E-state index in [0.29, 0.717) is 12.8 Å². The zero-order valence-corrected chi connectivity index (χ0v) is 14.9. The van der Waals surface area contributed by atoms with Gasteiger partial charge >= 0.3 is 0 Å². The maximum Gasteiger partial charge on any atom is 0.298 e. The van der Waals surface area contributed by atoms with Gasteiger partial charge in [0, 0.05) is 16.8 Å². The van der Waals surface area contributed by atoms with Crippen LogP contribution < -0.4 is 0 Å². The summed E-state index contributed by atoms with van der Waals surface area (Å²) in [5.74, 6) is -0.363. The van der Waals surface area contributed by atoms with E-state index < -0.39 is 30.0 Å². The van der Waals surface area contributed by atoms with Gasteiger partial charge in [-0.25, -0.2) is 0 Å². The Morgan fingerprint density at radius 1 is 1.04 bits per heavy atom. The van der Waals surface area contributed by atoms with E-state index in [9.17, 15) is 21.9 Å². The van der Waals surface area contributed by atoms with Gasteiger partial charge in [0.25, 0.3) is 20.2 Å². The zero-order chi connectivity index (χ0) is 18.0. The van der Waals surface area contributed by atoms with Crippen molar-refractivity contribution < 1.29 is 30.3 Å². The van der Waals surface area contributed by atoms with Gasteiger partial charge in [-0.05, 0) is 6.42 Å². The van der Waals surface area contributed by atoms with Crippen LogP contribution in [0.4, 0.5) is 0 Å². The fourth-order valence-electron chi connectivity index (χ4n) is 2.21. The van der Waals surface area contributed by atoms with Crippen LogP contribution >= 0.6 is 0 Å². The molecule has 0 aliphatic carbocycles. The second kappa shape index (κ2) is 7.06. The minimum absolute atomic E-state index is 0.0389. The molecule has 0 saturated heterocycles. The standard InChI is InChI=1S/C15H18O7S2/c1-3-4-9-22-23(17,18)14-10-13(16)11-7-5-6-8-12(11)15(14)24(19,20)21-2/h5-8,10,16H,3-4,9H2,1-2H3. The summed E-state index contributed by atoms with van der Waals surface area (Å²) in [4.78, 5) is -1.19. The van der Waals surface area contributed by atoms with Crippen molar-refractivity contribution in [3.63, 3.8) is 0 Å². The van der Waals surface area contributed by atoms with E-state index in [4.69, 9.17) is 4.18 Å². The summed E-state index contributed by atoms with van der Waals surface area (Å²) < 4.78 is 58.9. The van der Waals surface area contributed by atoms with Crippen LogP contribution in [0.1, 0.15) is 19.8 Å². The largest absolute Gasteiger partial charge is 0.507 e. The molecule has 0 amide bonds. The summed E-state index contributed by atoms with van der Waals surface area (Å²) in [5.41, 5.74) is 0. The molecule has 7 nitrogen and oxygen atoms in total. The first-order valence-electron chi connectivity index (χ1n) is 7.19. The van der Waals surface area contributed by atoms with Gasteiger partial charge in [-0.3, -0.25) is 8.37 Å². The molecule has 0 saturated carbocycles. The Bertz CT molecular complexity index is 947. The molecule has 0 aliphatic rings. The lowest BCUT2D eigenvalue weighted by atomic mass is 10.1. The third kappa shape index (κ3) is 3.54. The number of phenols is 1. The molecule has 0 aliphatic heterocycles. The predicted octanol–water partition coefficient (Wildman–Crippen LogP) is 2.39. The minimum Gasteiger partial charge on any atom is -0.507 e. The van der Waals surface area contributed by atoms with E-state index in [-0.39, 0.29) is 23.1 Å². The molecule has 2 rings (SSSR count). The molecule has 0 heterocycles. The Morgan fingerprint density at radius 2 is 1.67 bits per heavy atom. The minimum atomic E-state index is -4.39. The molecule has 0 atom stereocenters. The third-order valence-electron chi connectivity index (χ3n) is 3.41. The number of phenolic OH excluding ortho intramolecular Hbond substituents is 1. The van der Waals surface area contributed by atoms with E-state index in [1.165, 1.54) is 18.2 Å². The Labute approximate surface area is 141 Å². The number of benzene rings is 2. The van der Waals surface area contributed by atoms with Crippen LogP contribution in [0.15, 0.2) is 40.1 Å². The highest BCUT2D eigenvalue weighted by Crippen LogP contribution is 2.37. The van der Waals surface area contributed by atoms with Crippen molar-refractivity contribution in [1.82, 2.24) is 0 Å². The second-order valence-electron chi connectivity index (χ2n) is 5.02. The van der Waals surface area contributed by atoms with Gasteiger partial charge in [0.1, 0.15) is 15.5 Å². The molecule has 0 aromatic heterocycles. The van der Waals surface area contributed by atoms with Crippen LogP contribution in [-0.4, -0.2) is 35.7 Å². The van der Waals surface area contributed by atoms with Gasteiger partial charge in [0.05, 0.1) is 13.7 Å². The molecule has 0 bridgehead atoms. The number of hydrogen-bond donors (Lipinski definition) is 1. The topological polar surface area (TPSA) is 107 Å². The number of fused-ring (bicyclic) bond motifs is 1. The van der Waals surface area contributed by atoms with Gasteiger partial charge in [-0.2, -0.15) is 16.8 Å². The molecule has 132 valence electrons. The quantitative estimate of drug-likeness (QED) is 0.585. The van der Waals surface area contributed by atoms with Crippen LogP contribution in [0.2, 0.25) is 0 Å². The number of hydrogen-bond acceptors (Lipinski definition) is 7. The van der Waals surface area contributed by atoms with Crippen LogP contribution in [0.25, 0.3) is 10.8 Å². The molecular weight excluding hydrogens is 356 g/mol. The summed E-state index contributed by atoms with van der Waals surface area (Å²) in [5, 5.41) is 10.3. The molecule has 9 heteroatoms. The number of rotatable bonds is 7. The van der Waals surface area contributed by atoms with Gasteiger partial charge < -0.3 is 5.11 Å². The van der Waals surface area contributed by atoms with Crippen molar-refractivity contribution >= 4 is 31.0 Å². The highest BCUT2D eigenvalue weighted by atomic mass is 32.2. The maximum absolute atomic E-state index is 12.4. The summed E-state index contributed by atoms with van der Waals surface area (Å²) in [7, 11) is -7.81. The lowest BCUT2D eigenvalue weighted by Crippen LogP contribution is -2.14.